The van der Waals surface area contributed by atoms with Gasteiger partial charge in [0.1, 0.15) is 30.5 Å². The maximum Gasteiger partial charge on any atom is 0.243 e. The van der Waals surface area contributed by atoms with Gasteiger partial charge in [0, 0.05) is 18.2 Å². The molecule has 0 aliphatic heterocycles. The average Bonchev–Trinajstić information content (AvgIpc) is 3.14. The number of fused-ring (bicyclic) bond motifs is 1. The minimum absolute atomic E-state index is 0.106. The van der Waals surface area contributed by atoms with Gasteiger partial charge in [-0.05, 0) is 51.0 Å². The van der Waals surface area contributed by atoms with Crippen molar-refractivity contribution >= 4 is 16.9 Å². The van der Waals surface area contributed by atoms with Gasteiger partial charge >= 0.3 is 0 Å². The van der Waals surface area contributed by atoms with Crippen LogP contribution in [0.1, 0.15) is 46.4 Å². The minimum Gasteiger partial charge on any atom is -0.497 e. The number of methoxy groups -OCH3 is 1. The second-order valence-corrected chi connectivity index (χ2v) is 7.89. The van der Waals surface area contributed by atoms with Gasteiger partial charge in [0.15, 0.2) is 0 Å². The minimum atomic E-state index is 0.106. The van der Waals surface area contributed by atoms with Gasteiger partial charge in [-0.15, -0.1) is 0 Å². The molecule has 3 rings (SSSR count). The Kier molecular flexibility index (Phi) is 7.55. The van der Waals surface area contributed by atoms with Crippen LogP contribution in [0.3, 0.4) is 0 Å². The summed E-state index contributed by atoms with van der Waals surface area (Å²) in [6.45, 7) is 8.97. The quantitative estimate of drug-likeness (QED) is 0.458. The first-order valence-corrected chi connectivity index (χ1v) is 11.0. The van der Waals surface area contributed by atoms with E-state index in [0.717, 1.165) is 35.4 Å². The summed E-state index contributed by atoms with van der Waals surface area (Å²) in [5.74, 6) is 2.27. The van der Waals surface area contributed by atoms with Gasteiger partial charge in [0.2, 0.25) is 5.91 Å². The van der Waals surface area contributed by atoms with Crippen molar-refractivity contribution in [3.63, 3.8) is 0 Å². The van der Waals surface area contributed by atoms with Gasteiger partial charge in [0.05, 0.1) is 18.1 Å². The number of amides is 1. The molecule has 6 nitrogen and oxygen atoms in total. The number of rotatable bonds is 10. The van der Waals surface area contributed by atoms with Crippen LogP contribution in [0.25, 0.3) is 11.0 Å². The Bertz CT molecular complexity index is 1000. The zero-order valence-corrected chi connectivity index (χ0v) is 19.2. The molecule has 0 radical (unpaired) electrons. The third kappa shape index (κ3) is 5.19. The van der Waals surface area contributed by atoms with Gasteiger partial charge in [-0.25, -0.2) is 4.98 Å². The topological polar surface area (TPSA) is 56.6 Å². The van der Waals surface area contributed by atoms with Crippen LogP contribution in [0.15, 0.2) is 48.5 Å². The van der Waals surface area contributed by atoms with Crippen molar-refractivity contribution in [3.05, 3.63) is 54.4 Å². The molecule has 3 aromatic rings. The summed E-state index contributed by atoms with van der Waals surface area (Å²) in [7, 11) is 1.63. The molecule has 0 bridgehead atoms. The second-order valence-electron chi connectivity index (χ2n) is 7.89. The van der Waals surface area contributed by atoms with Crippen LogP contribution in [0.4, 0.5) is 0 Å². The summed E-state index contributed by atoms with van der Waals surface area (Å²) in [5.41, 5.74) is 1.80. The van der Waals surface area contributed by atoms with E-state index in [-0.39, 0.29) is 31.1 Å². The van der Waals surface area contributed by atoms with Crippen LogP contribution < -0.4 is 9.47 Å². The normalized spacial score (nSPS) is 13.1. The highest BCUT2D eigenvalue weighted by atomic mass is 16.5. The molecule has 2 atom stereocenters. The van der Waals surface area contributed by atoms with E-state index in [9.17, 15) is 4.79 Å². The lowest BCUT2D eigenvalue weighted by atomic mass is 10.1. The fourth-order valence-electron chi connectivity index (χ4n) is 3.79. The van der Waals surface area contributed by atoms with Gasteiger partial charge in [0.25, 0.3) is 0 Å². The molecule has 0 fully saturated rings. The standard InChI is InChI=1S/C25H33N3O3/c1-6-18(3)28(19(4)7-2)25(29)16-27-23-14-9-8-13-22(23)26-24(27)17-31-21-12-10-11-20(15-21)30-5/h8-15,18-19H,6-7,16-17H2,1-5H3. The van der Waals surface area contributed by atoms with E-state index in [1.807, 2.05) is 58.0 Å². The van der Waals surface area contributed by atoms with E-state index in [4.69, 9.17) is 14.5 Å². The molecule has 1 heterocycles. The molecule has 166 valence electrons. The number of nitrogens with zero attached hydrogens (tertiary/aromatic N) is 3. The molecule has 0 aliphatic rings. The Balaban J connectivity index is 1.89. The molecule has 0 saturated heterocycles. The summed E-state index contributed by atoms with van der Waals surface area (Å²) < 4.78 is 13.3. The largest absolute Gasteiger partial charge is 0.497 e. The van der Waals surface area contributed by atoms with E-state index in [1.165, 1.54) is 0 Å². The summed E-state index contributed by atoms with van der Waals surface area (Å²) in [6, 6.07) is 15.8. The molecule has 1 aromatic heterocycles. The number of hydrogen-bond acceptors (Lipinski definition) is 4. The lowest BCUT2D eigenvalue weighted by molar-refractivity contribution is -0.136. The third-order valence-electron chi connectivity index (χ3n) is 5.86. The van der Waals surface area contributed by atoms with Gasteiger partial charge in [-0.2, -0.15) is 0 Å². The van der Waals surface area contributed by atoms with Crippen molar-refractivity contribution in [1.82, 2.24) is 14.5 Å². The van der Waals surface area contributed by atoms with Crippen LogP contribution in [-0.2, 0) is 17.9 Å². The number of para-hydroxylation sites is 2. The Hall–Kier alpha value is -3.02. The zero-order valence-electron chi connectivity index (χ0n) is 19.2. The SMILES string of the molecule is CCC(C)N(C(=O)Cn1c(COc2cccc(OC)c2)nc2ccccc21)C(C)CC. The Labute approximate surface area is 184 Å². The van der Waals surface area contributed by atoms with Crippen molar-refractivity contribution in [1.29, 1.82) is 0 Å². The van der Waals surface area contributed by atoms with Crippen molar-refractivity contribution in [2.75, 3.05) is 7.11 Å². The first-order valence-electron chi connectivity index (χ1n) is 11.0. The predicted octanol–water partition coefficient (Wildman–Crippen LogP) is 5.05. The van der Waals surface area contributed by atoms with Crippen LogP contribution >= 0.6 is 0 Å². The van der Waals surface area contributed by atoms with Crippen LogP contribution in [-0.4, -0.2) is 39.6 Å². The average molecular weight is 424 g/mol. The van der Waals surface area contributed by atoms with Gasteiger partial charge < -0.3 is 18.9 Å². The zero-order chi connectivity index (χ0) is 22.4. The molecule has 6 heteroatoms. The number of carbonyl (C=O) groups is 1. The van der Waals surface area contributed by atoms with Gasteiger partial charge in [-0.1, -0.05) is 32.0 Å². The Morgan fingerprint density at radius 3 is 2.39 bits per heavy atom. The summed E-state index contributed by atoms with van der Waals surface area (Å²) >= 11 is 0. The van der Waals surface area contributed by atoms with E-state index in [1.54, 1.807) is 7.11 Å². The maximum absolute atomic E-state index is 13.4. The van der Waals surface area contributed by atoms with Crippen LogP contribution in [0.2, 0.25) is 0 Å². The highest BCUT2D eigenvalue weighted by Crippen LogP contribution is 2.22. The second kappa shape index (κ2) is 10.3. The van der Waals surface area contributed by atoms with E-state index in [0.29, 0.717) is 5.75 Å². The van der Waals surface area contributed by atoms with E-state index < -0.39 is 0 Å². The molecule has 2 unspecified atom stereocenters. The highest BCUT2D eigenvalue weighted by Gasteiger charge is 2.25. The van der Waals surface area contributed by atoms with Crippen molar-refractivity contribution in [2.24, 2.45) is 0 Å². The summed E-state index contributed by atoms with van der Waals surface area (Å²) in [5, 5.41) is 0. The highest BCUT2D eigenvalue weighted by molar-refractivity contribution is 5.81. The molecule has 0 saturated carbocycles. The fourth-order valence-corrected chi connectivity index (χ4v) is 3.79. The number of carbonyl (C=O) groups excluding carboxylic acids is 1. The summed E-state index contributed by atoms with van der Waals surface area (Å²) in [6.07, 6.45) is 1.85. The molecule has 0 aliphatic carbocycles. The molecular weight excluding hydrogens is 390 g/mol. The third-order valence-corrected chi connectivity index (χ3v) is 5.86. The fraction of sp³-hybridized carbons (Fsp3) is 0.440. The Morgan fingerprint density at radius 2 is 1.71 bits per heavy atom. The number of ether oxygens (including phenoxy) is 2. The van der Waals surface area contributed by atoms with Crippen LogP contribution in [0.5, 0.6) is 11.5 Å². The number of benzene rings is 2. The number of aromatic nitrogens is 2. The van der Waals surface area contributed by atoms with E-state index in [2.05, 4.69) is 27.7 Å². The maximum atomic E-state index is 13.4. The first kappa shape index (κ1) is 22.7. The van der Waals surface area contributed by atoms with Crippen LogP contribution in [0, 0.1) is 0 Å². The lowest BCUT2D eigenvalue weighted by Crippen LogP contribution is -2.45. The molecular formula is C25H33N3O3. The van der Waals surface area contributed by atoms with Crippen molar-refractivity contribution in [2.45, 2.75) is 65.8 Å². The Morgan fingerprint density at radius 1 is 1.03 bits per heavy atom. The monoisotopic (exact) mass is 423 g/mol. The molecule has 31 heavy (non-hydrogen) atoms. The van der Waals surface area contributed by atoms with Crippen molar-refractivity contribution in [3.8, 4) is 11.5 Å². The first-order chi connectivity index (χ1) is 15.0. The smallest absolute Gasteiger partial charge is 0.243 e. The summed E-state index contributed by atoms with van der Waals surface area (Å²) in [4.78, 5) is 20.1. The predicted molar refractivity (Wildman–Crippen MR) is 123 cm³/mol. The number of hydrogen-bond donors (Lipinski definition) is 0. The number of imidazole rings is 1. The molecule has 0 N–H and O–H groups in total. The molecule has 1 amide bonds. The lowest BCUT2D eigenvalue weighted by Gasteiger charge is -2.34. The molecule has 0 spiro atoms. The van der Waals surface area contributed by atoms with E-state index >= 15 is 0 Å². The molecule has 2 aromatic carbocycles. The van der Waals surface area contributed by atoms with Gasteiger partial charge in [-0.3, -0.25) is 4.79 Å². The van der Waals surface area contributed by atoms with Crippen molar-refractivity contribution < 1.29 is 14.3 Å².